The molecule has 0 heterocycles. The Morgan fingerprint density at radius 1 is 0.298 bits per heavy atom. The Labute approximate surface area is 575 Å². The number of phosphoric acid groups is 2. The zero-order chi connectivity index (χ0) is 69.1. The molecule has 0 amide bonds. The van der Waals surface area contributed by atoms with Crippen LogP contribution in [0.4, 0.5) is 0 Å². The maximum atomic E-state index is 13.1. The lowest BCUT2D eigenvalue weighted by Gasteiger charge is -2.21. The number of ether oxygens (including phenoxy) is 4. The lowest BCUT2D eigenvalue weighted by Crippen LogP contribution is -2.30. The molecule has 0 saturated carbocycles. The Morgan fingerprint density at radius 3 is 0.755 bits per heavy atom. The quantitative estimate of drug-likeness (QED) is 0.0222. The van der Waals surface area contributed by atoms with E-state index in [1.807, 2.05) is 0 Å². The minimum atomic E-state index is -4.96. The van der Waals surface area contributed by atoms with Gasteiger partial charge in [-0.1, -0.05) is 343 Å². The van der Waals surface area contributed by atoms with E-state index in [1.54, 1.807) is 0 Å². The number of carbonyl (C=O) groups is 4. The van der Waals surface area contributed by atoms with Crippen LogP contribution in [-0.4, -0.2) is 96.7 Å². The van der Waals surface area contributed by atoms with Crippen molar-refractivity contribution in [2.24, 2.45) is 5.92 Å². The number of phosphoric ester groups is 2. The first-order valence-electron chi connectivity index (χ1n) is 39.2. The summed E-state index contributed by atoms with van der Waals surface area (Å²) in [5.41, 5.74) is 0. The van der Waals surface area contributed by atoms with E-state index in [4.69, 9.17) is 37.0 Å². The van der Waals surface area contributed by atoms with Gasteiger partial charge in [-0.15, -0.1) is 0 Å². The minimum Gasteiger partial charge on any atom is -0.462 e. The van der Waals surface area contributed by atoms with Gasteiger partial charge in [0.05, 0.1) is 26.4 Å². The molecule has 6 atom stereocenters. The van der Waals surface area contributed by atoms with Crippen LogP contribution in [0.5, 0.6) is 0 Å². The second-order valence-corrected chi connectivity index (χ2v) is 30.2. The number of hydrogen-bond acceptors (Lipinski definition) is 15. The maximum Gasteiger partial charge on any atom is 0.472 e. The molecule has 0 saturated heterocycles. The van der Waals surface area contributed by atoms with E-state index in [0.29, 0.717) is 25.7 Å². The van der Waals surface area contributed by atoms with Crippen molar-refractivity contribution in [3.63, 3.8) is 0 Å². The van der Waals surface area contributed by atoms with E-state index >= 15 is 0 Å². The predicted molar refractivity (Wildman–Crippen MR) is 382 cm³/mol. The van der Waals surface area contributed by atoms with E-state index in [9.17, 15) is 43.2 Å². The van der Waals surface area contributed by atoms with Crippen LogP contribution in [0.15, 0.2) is 0 Å². The van der Waals surface area contributed by atoms with Crippen LogP contribution in [-0.2, 0) is 65.4 Å². The highest BCUT2D eigenvalue weighted by molar-refractivity contribution is 7.47. The summed E-state index contributed by atoms with van der Waals surface area (Å²) < 4.78 is 68.5. The Balaban J connectivity index is 5.26. The number of esters is 4. The lowest BCUT2D eigenvalue weighted by molar-refractivity contribution is -0.161. The van der Waals surface area contributed by atoms with Crippen molar-refractivity contribution >= 4 is 39.5 Å². The zero-order valence-corrected chi connectivity index (χ0v) is 62.9. The highest BCUT2D eigenvalue weighted by Crippen LogP contribution is 2.45. The van der Waals surface area contributed by atoms with Crippen LogP contribution < -0.4 is 0 Å². The van der Waals surface area contributed by atoms with Crippen LogP contribution in [0, 0.1) is 5.92 Å². The van der Waals surface area contributed by atoms with E-state index in [-0.39, 0.29) is 25.7 Å². The van der Waals surface area contributed by atoms with Crippen LogP contribution in [0.3, 0.4) is 0 Å². The SMILES string of the molecule is CCCCCCCCCCCCCCCCCCC(=O)O[C@H](COC(=O)CCCCCCCCCCCCCCCC)COP(=O)(O)OC[C@@H](O)COP(=O)(O)OC[C@@H](COC(=O)CCCCCCCCCCCCCC)OC(=O)CCCCCCCCCCC(C)CC. The minimum absolute atomic E-state index is 0.106. The second kappa shape index (κ2) is 68.2. The number of aliphatic hydroxyl groups is 1. The third kappa shape index (κ3) is 67.3. The fourth-order valence-corrected chi connectivity index (χ4v) is 13.1. The highest BCUT2D eigenvalue weighted by Gasteiger charge is 2.30. The molecule has 19 heteroatoms. The van der Waals surface area contributed by atoms with E-state index in [2.05, 4.69) is 34.6 Å². The molecule has 0 aromatic carbocycles. The van der Waals surface area contributed by atoms with E-state index < -0.39 is 97.5 Å². The van der Waals surface area contributed by atoms with Crippen LogP contribution in [0.2, 0.25) is 0 Å². The smallest absolute Gasteiger partial charge is 0.462 e. The molecule has 0 aliphatic carbocycles. The Bertz CT molecular complexity index is 1810. The standard InChI is InChI=1S/C75H146O17P2/c1-6-10-13-16-19-22-25-28-30-31-33-36-39-45-50-55-60-74(79)91-70(64-85-73(78)59-54-49-44-38-35-32-29-26-23-20-17-14-11-7-2)66-89-93(81,82)87-62-69(76)63-88-94(83,84)90-67-71(92-75(80)61-56-51-46-41-40-42-47-52-57-68(5)9-4)65-86-72(77)58-53-48-43-37-34-27-24-21-18-15-12-8-3/h68-71,76H,6-67H2,1-5H3,(H,81,82)(H,83,84)/t68?,69-,70-,71-/m1/s1. The Kier molecular flexibility index (Phi) is 66.8. The van der Waals surface area contributed by atoms with Crippen molar-refractivity contribution in [2.75, 3.05) is 39.6 Å². The molecule has 17 nitrogen and oxygen atoms in total. The monoisotopic (exact) mass is 1380 g/mol. The van der Waals surface area contributed by atoms with Gasteiger partial charge in [0.2, 0.25) is 0 Å². The predicted octanol–water partition coefficient (Wildman–Crippen LogP) is 22.1. The molecular formula is C75H146O17P2. The van der Waals surface area contributed by atoms with Gasteiger partial charge in [-0.25, -0.2) is 9.13 Å². The van der Waals surface area contributed by atoms with E-state index in [0.717, 1.165) is 95.8 Å². The summed E-state index contributed by atoms with van der Waals surface area (Å²) in [5, 5.41) is 10.6. The number of aliphatic hydroxyl groups excluding tert-OH is 1. The topological polar surface area (TPSA) is 237 Å². The molecule has 0 fully saturated rings. The molecule has 0 bridgehead atoms. The first-order chi connectivity index (χ1) is 45.6. The molecule has 0 aliphatic heterocycles. The summed E-state index contributed by atoms with van der Waals surface area (Å²) in [5.74, 6) is -1.34. The van der Waals surface area contributed by atoms with Crippen LogP contribution in [0.25, 0.3) is 0 Å². The molecule has 3 unspecified atom stereocenters. The summed E-state index contributed by atoms with van der Waals surface area (Å²) >= 11 is 0. The van der Waals surface area contributed by atoms with Gasteiger partial charge in [-0.2, -0.15) is 0 Å². The number of unbranched alkanes of at least 4 members (excludes halogenated alkanes) is 46. The number of carbonyl (C=O) groups excluding carboxylic acids is 4. The van der Waals surface area contributed by atoms with E-state index in [1.165, 1.54) is 218 Å². The first-order valence-corrected chi connectivity index (χ1v) is 42.2. The van der Waals surface area contributed by atoms with Gasteiger partial charge in [0.1, 0.15) is 19.3 Å². The van der Waals surface area contributed by atoms with Gasteiger partial charge in [0.25, 0.3) is 0 Å². The van der Waals surface area contributed by atoms with Gasteiger partial charge < -0.3 is 33.8 Å². The molecular weight excluding hydrogens is 1230 g/mol. The second-order valence-electron chi connectivity index (χ2n) is 27.3. The summed E-state index contributed by atoms with van der Waals surface area (Å²) in [4.78, 5) is 72.8. The molecule has 558 valence electrons. The summed E-state index contributed by atoms with van der Waals surface area (Å²) in [6, 6.07) is 0. The average Bonchev–Trinajstić information content (AvgIpc) is 3.49. The highest BCUT2D eigenvalue weighted by atomic mass is 31.2. The summed E-state index contributed by atoms with van der Waals surface area (Å²) in [6.45, 7) is 7.29. The first kappa shape index (κ1) is 92.1. The third-order valence-electron chi connectivity index (χ3n) is 17.9. The zero-order valence-electron chi connectivity index (χ0n) is 61.1. The molecule has 0 aliphatic rings. The van der Waals surface area contributed by atoms with Gasteiger partial charge in [0.15, 0.2) is 12.2 Å². The van der Waals surface area contributed by atoms with Gasteiger partial charge >= 0.3 is 39.5 Å². The maximum absolute atomic E-state index is 13.1. The third-order valence-corrected chi connectivity index (χ3v) is 19.8. The fraction of sp³-hybridized carbons (Fsp3) is 0.947. The van der Waals surface area contributed by atoms with Crippen molar-refractivity contribution < 1.29 is 80.2 Å². The summed E-state index contributed by atoms with van der Waals surface area (Å²) in [6.07, 6.45) is 56.6. The molecule has 0 aromatic rings. The molecule has 0 spiro atoms. The number of hydrogen-bond donors (Lipinski definition) is 3. The summed E-state index contributed by atoms with van der Waals surface area (Å²) in [7, 11) is -9.91. The van der Waals surface area contributed by atoms with Crippen molar-refractivity contribution in [3.8, 4) is 0 Å². The van der Waals surface area contributed by atoms with Gasteiger partial charge in [0, 0.05) is 25.7 Å². The Morgan fingerprint density at radius 2 is 0.511 bits per heavy atom. The normalized spacial score (nSPS) is 14.3. The largest absolute Gasteiger partial charge is 0.472 e. The average molecular weight is 1380 g/mol. The van der Waals surface area contributed by atoms with Gasteiger partial charge in [-0.3, -0.25) is 37.3 Å². The van der Waals surface area contributed by atoms with Gasteiger partial charge in [-0.05, 0) is 31.6 Å². The van der Waals surface area contributed by atoms with Crippen molar-refractivity contribution in [3.05, 3.63) is 0 Å². The molecule has 94 heavy (non-hydrogen) atoms. The number of rotatable bonds is 75. The van der Waals surface area contributed by atoms with Crippen LogP contribution >= 0.6 is 15.6 Å². The molecule has 3 N–H and O–H groups in total. The van der Waals surface area contributed by atoms with Crippen LogP contribution in [0.1, 0.15) is 394 Å². The fourth-order valence-electron chi connectivity index (χ4n) is 11.5. The Hall–Kier alpha value is -1.94. The van der Waals surface area contributed by atoms with Crippen molar-refractivity contribution in [1.82, 2.24) is 0 Å². The lowest BCUT2D eigenvalue weighted by atomic mass is 9.99. The molecule has 0 aromatic heterocycles. The van der Waals surface area contributed by atoms with Crippen molar-refractivity contribution in [1.29, 1.82) is 0 Å². The van der Waals surface area contributed by atoms with Crippen molar-refractivity contribution in [2.45, 2.75) is 412 Å². The molecule has 0 rings (SSSR count). The molecule has 0 radical (unpaired) electrons.